The number of hydrogen-bond acceptors (Lipinski definition) is 4. The largest absolute Gasteiger partial charge is 0.391 e. The normalized spacial score (nSPS) is 21.7. The molecule has 1 saturated heterocycles. The van der Waals surface area contributed by atoms with E-state index in [1.54, 1.807) is 0 Å². The molecule has 1 fully saturated rings. The molecule has 25 heavy (non-hydrogen) atoms. The van der Waals surface area contributed by atoms with E-state index in [2.05, 4.69) is 29.1 Å². The molecule has 0 N–H and O–H groups in total. The number of rotatable bonds is 6. The fraction of sp³-hybridized carbons (Fsp3) is 0.600. The molecule has 0 saturated carbocycles. The van der Waals surface area contributed by atoms with Gasteiger partial charge in [-0.1, -0.05) is 42.4 Å². The van der Waals surface area contributed by atoms with Crippen LogP contribution in [0.25, 0.3) is 0 Å². The third kappa shape index (κ3) is 4.82. The van der Waals surface area contributed by atoms with Crippen molar-refractivity contribution < 1.29 is 9.63 Å². The standard InChI is InChI=1S/C20H29N3O2/c1-3-18-13-19(25-21-18)15-23-11-9-17(10-12-23)20(24)22(2)14-16-7-5-4-6-8-16/h4-8,17,19H,3,9-15H2,1-2H3/t19-/m1/s1. The Labute approximate surface area is 150 Å². The second kappa shape index (κ2) is 8.48. The number of benzene rings is 1. The Morgan fingerprint density at radius 2 is 2.00 bits per heavy atom. The van der Waals surface area contributed by atoms with Gasteiger partial charge >= 0.3 is 0 Å². The van der Waals surface area contributed by atoms with Crippen LogP contribution in [0.4, 0.5) is 0 Å². The van der Waals surface area contributed by atoms with Crippen molar-refractivity contribution in [3.8, 4) is 0 Å². The second-order valence-electron chi connectivity index (χ2n) is 7.20. The first kappa shape index (κ1) is 17.9. The summed E-state index contributed by atoms with van der Waals surface area (Å²) in [4.78, 5) is 22.5. The van der Waals surface area contributed by atoms with Crippen LogP contribution in [-0.4, -0.2) is 54.2 Å². The monoisotopic (exact) mass is 343 g/mol. The maximum Gasteiger partial charge on any atom is 0.225 e. The molecule has 5 heteroatoms. The minimum Gasteiger partial charge on any atom is -0.391 e. The number of piperidine rings is 1. The number of carbonyl (C=O) groups excluding carboxylic acids is 1. The Morgan fingerprint density at radius 3 is 2.64 bits per heavy atom. The fourth-order valence-corrected chi connectivity index (χ4v) is 3.69. The summed E-state index contributed by atoms with van der Waals surface area (Å²) in [5.74, 6) is 0.425. The average molecular weight is 343 g/mol. The van der Waals surface area contributed by atoms with Gasteiger partial charge in [-0.15, -0.1) is 0 Å². The van der Waals surface area contributed by atoms with Gasteiger partial charge in [0.1, 0.15) is 6.10 Å². The Kier molecular flexibility index (Phi) is 6.08. The number of likely N-dealkylation sites (tertiary alicyclic amines) is 1. The van der Waals surface area contributed by atoms with E-state index in [9.17, 15) is 4.79 Å². The molecule has 0 aliphatic carbocycles. The molecule has 3 rings (SSSR count). The van der Waals surface area contributed by atoms with Crippen molar-refractivity contribution in [3.63, 3.8) is 0 Å². The minimum atomic E-state index is 0.150. The SMILES string of the molecule is CCC1=NO[C@@H](CN2CCC(C(=O)N(C)Cc3ccccc3)CC2)C1. The van der Waals surface area contributed by atoms with Gasteiger partial charge in [-0.05, 0) is 37.9 Å². The molecule has 1 amide bonds. The van der Waals surface area contributed by atoms with Crippen LogP contribution in [0.1, 0.15) is 38.2 Å². The zero-order valence-electron chi connectivity index (χ0n) is 15.4. The van der Waals surface area contributed by atoms with Gasteiger partial charge in [0, 0.05) is 32.5 Å². The van der Waals surface area contributed by atoms with Gasteiger partial charge in [0.05, 0.1) is 5.71 Å². The van der Waals surface area contributed by atoms with Crippen LogP contribution in [-0.2, 0) is 16.2 Å². The van der Waals surface area contributed by atoms with Gasteiger partial charge in [-0.3, -0.25) is 9.69 Å². The molecule has 0 aromatic heterocycles. The molecule has 0 spiro atoms. The summed E-state index contributed by atoms with van der Waals surface area (Å²) in [5, 5.41) is 4.14. The topological polar surface area (TPSA) is 45.1 Å². The molecule has 5 nitrogen and oxygen atoms in total. The Morgan fingerprint density at radius 1 is 1.28 bits per heavy atom. The van der Waals surface area contributed by atoms with E-state index >= 15 is 0 Å². The van der Waals surface area contributed by atoms with E-state index in [-0.39, 0.29) is 17.9 Å². The summed E-state index contributed by atoms with van der Waals surface area (Å²) in [5.41, 5.74) is 2.35. The van der Waals surface area contributed by atoms with E-state index < -0.39 is 0 Å². The van der Waals surface area contributed by atoms with Crippen molar-refractivity contribution >= 4 is 11.6 Å². The molecular formula is C20H29N3O2. The first-order valence-corrected chi connectivity index (χ1v) is 9.38. The highest BCUT2D eigenvalue weighted by atomic mass is 16.6. The molecule has 1 aromatic carbocycles. The number of nitrogens with zero attached hydrogens (tertiary/aromatic N) is 3. The molecule has 136 valence electrons. The molecular weight excluding hydrogens is 314 g/mol. The van der Waals surface area contributed by atoms with Gasteiger partial charge in [0.25, 0.3) is 0 Å². The van der Waals surface area contributed by atoms with Crippen molar-refractivity contribution in [2.75, 3.05) is 26.7 Å². The molecule has 1 atom stereocenters. The Hall–Kier alpha value is -1.88. The lowest BCUT2D eigenvalue weighted by Crippen LogP contribution is -2.43. The van der Waals surface area contributed by atoms with Crippen molar-refractivity contribution in [2.45, 2.75) is 45.3 Å². The van der Waals surface area contributed by atoms with Crippen molar-refractivity contribution in [2.24, 2.45) is 11.1 Å². The highest BCUT2D eigenvalue weighted by molar-refractivity contribution is 5.85. The maximum absolute atomic E-state index is 12.7. The van der Waals surface area contributed by atoms with E-state index in [0.717, 1.165) is 51.0 Å². The number of hydrogen-bond donors (Lipinski definition) is 0. The summed E-state index contributed by atoms with van der Waals surface area (Å²) < 4.78 is 0. The van der Waals surface area contributed by atoms with Crippen LogP contribution in [0.2, 0.25) is 0 Å². The molecule has 2 heterocycles. The third-order valence-corrected chi connectivity index (χ3v) is 5.24. The maximum atomic E-state index is 12.7. The number of amides is 1. The Bertz CT molecular complexity index is 594. The smallest absolute Gasteiger partial charge is 0.225 e. The molecule has 0 bridgehead atoms. The highest BCUT2D eigenvalue weighted by Crippen LogP contribution is 2.22. The number of carbonyl (C=O) groups is 1. The number of oxime groups is 1. The second-order valence-corrected chi connectivity index (χ2v) is 7.20. The first-order chi connectivity index (χ1) is 12.2. The zero-order chi connectivity index (χ0) is 17.6. The van der Waals surface area contributed by atoms with Crippen molar-refractivity contribution in [3.05, 3.63) is 35.9 Å². The van der Waals surface area contributed by atoms with E-state index in [0.29, 0.717) is 6.54 Å². The average Bonchev–Trinajstić information content (AvgIpc) is 3.10. The summed E-state index contributed by atoms with van der Waals surface area (Å²) in [7, 11) is 1.91. The Balaban J connectivity index is 1.41. The molecule has 2 aliphatic rings. The van der Waals surface area contributed by atoms with Crippen LogP contribution in [0.15, 0.2) is 35.5 Å². The lowest BCUT2D eigenvalue weighted by molar-refractivity contribution is -0.136. The van der Waals surface area contributed by atoms with Crippen molar-refractivity contribution in [1.29, 1.82) is 0 Å². The van der Waals surface area contributed by atoms with E-state index in [1.807, 2.05) is 30.1 Å². The van der Waals surface area contributed by atoms with Crippen LogP contribution >= 0.6 is 0 Å². The summed E-state index contributed by atoms with van der Waals surface area (Å²) in [6.07, 6.45) is 4.00. The van der Waals surface area contributed by atoms with Gasteiger partial charge in [-0.2, -0.15) is 0 Å². The predicted octanol–water partition coefficient (Wildman–Crippen LogP) is 2.91. The van der Waals surface area contributed by atoms with Gasteiger partial charge in [-0.25, -0.2) is 0 Å². The van der Waals surface area contributed by atoms with Crippen LogP contribution in [0.5, 0.6) is 0 Å². The zero-order valence-corrected chi connectivity index (χ0v) is 15.4. The van der Waals surface area contributed by atoms with E-state index in [4.69, 9.17) is 4.84 Å². The van der Waals surface area contributed by atoms with Gasteiger partial charge < -0.3 is 9.74 Å². The first-order valence-electron chi connectivity index (χ1n) is 9.38. The van der Waals surface area contributed by atoms with Gasteiger partial charge in [0.2, 0.25) is 5.91 Å². The van der Waals surface area contributed by atoms with Crippen molar-refractivity contribution in [1.82, 2.24) is 9.80 Å². The van der Waals surface area contributed by atoms with Gasteiger partial charge in [0.15, 0.2) is 0 Å². The lowest BCUT2D eigenvalue weighted by atomic mass is 9.94. The van der Waals surface area contributed by atoms with Crippen LogP contribution in [0.3, 0.4) is 0 Å². The van der Waals surface area contributed by atoms with Crippen LogP contribution < -0.4 is 0 Å². The predicted molar refractivity (Wildman–Crippen MR) is 99.3 cm³/mol. The molecule has 0 unspecified atom stereocenters. The quantitative estimate of drug-likeness (QED) is 0.798. The minimum absolute atomic E-state index is 0.150. The van der Waals surface area contributed by atoms with E-state index in [1.165, 1.54) is 5.56 Å². The lowest BCUT2D eigenvalue weighted by Gasteiger charge is -2.34. The summed E-state index contributed by atoms with van der Waals surface area (Å²) in [6.45, 7) is 5.67. The molecule has 1 aromatic rings. The highest BCUT2D eigenvalue weighted by Gasteiger charge is 2.29. The summed E-state index contributed by atoms with van der Waals surface area (Å²) in [6, 6.07) is 10.2. The summed E-state index contributed by atoms with van der Waals surface area (Å²) >= 11 is 0. The van der Waals surface area contributed by atoms with Crippen LogP contribution in [0, 0.1) is 5.92 Å². The molecule has 0 radical (unpaired) electrons. The third-order valence-electron chi connectivity index (χ3n) is 5.24. The fourth-order valence-electron chi connectivity index (χ4n) is 3.69. The molecule has 2 aliphatic heterocycles.